The van der Waals surface area contributed by atoms with Crippen molar-refractivity contribution in [1.29, 1.82) is 0 Å². The zero-order chi connectivity index (χ0) is 27.7. The summed E-state index contributed by atoms with van der Waals surface area (Å²) in [5.41, 5.74) is 1.53. The fourth-order valence-electron chi connectivity index (χ4n) is 4.41. The summed E-state index contributed by atoms with van der Waals surface area (Å²) in [5, 5.41) is 11.5. The van der Waals surface area contributed by atoms with Crippen molar-refractivity contribution in [2.24, 2.45) is 0 Å². The first kappa shape index (κ1) is 27.5. The van der Waals surface area contributed by atoms with E-state index >= 15 is 0 Å². The van der Waals surface area contributed by atoms with Gasteiger partial charge in [-0.1, -0.05) is 98.3 Å². The normalized spacial score (nSPS) is 12.3. The number of carbonyl (C=O) groups excluding carboxylic acids is 3. The van der Waals surface area contributed by atoms with E-state index in [-0.39, 0.29) is 30.1 Å². The minimum atomic E-state index is -1.24. The molecule has 0 aliphatic carbocycles. The molecule has 0 aliphatic heterocycles. The summed E-state index contributed by atoms with van der Waals surface area (Å²) >= 11 is 0. The lowest BCUT2D eigenvalue weighted by Gasteiger charge is -2.29. The molecule has 0 heterocycles. The Hall–Kier alpha value is -4.55. The molecule has 1 N–H and O–H groups in total. The number of esters is 2. The second kappa shape index (κ2) is 12.8. The van der Waals surface area contributed by atoms with Crippen molar-refractivity contribution in [3.63, 3.8) is 0 Å². The Bertz CT molecular complexity index is 1430. The van der Waals surface area contributed by atoms with Crippen molar-refractivity contribution in [2.45, 2.75) is 25.4 Å². The Balaban J connectivity index is 1.35. The van der Waals surface area contributed by atoms with Crippen LogP contribution in [0.1, 0.15) is 67.5 Å². The molecule has 6 nitrogen and oxygen atoms in total. The summed E-state index contributed by atoms with van der Waals surface area (Å²) < 4.78 is 10.6. The largest absolute Gasteiger partial charge is 0.458 e. The summed E-state index contributed by atoms with van der Waals surface area (Å²) in [4.78, 5) is 37.9. The molecule has 0 aromatic heterocycles. The van der Waals surface area contributed by atoms with Crippen LogP contribution in [-0.4, -0.2) is 36.0 Å². The van der Waals surface area contributed by atoms with Crippen LogP contribution in [0.4, 0.5) is 0 Å². The number of aliphatic hydroxyl groups is 1. The molecule has 0 saturated heterocycles. The van der Waals surface area contributed by atoms with Crippen LogP contribution in [0.3, 0.4) is 0 Å². The fourth-order valence-corrected chi connectivity index (χ4v) is 4.41. The van der Waals surface area contributed by atoms with Gasteiger partial charge in [0.2, 0.25) is 0 Å². The molecule has 1 atom stereocenters. The van der Waals surface area contributed by atoms with E-state index in [1.54, 1.807) is 66.7 Å². The number of hydrogen-bond donors (Lipinski definition) is 1. The second-order valence-electron chi connectivity index (χ2n) is 9.10. The van der Waals surface area contributed by atoms with E-state index in [0.717, 1.165) is 12.0 Å². The van der Waals surface area contributed by atoms with Gasteiger partial charge in [0.25, 0.3) is 0 Å². The van der Waals surface area contributed by atoms with Crippen LogP contribution in [0, 0.1) is 0 Å². The molecule has 4 rings (SSSR count). The zero-order valence-electron chi connectivity index (χ0n) is 21.7. The van der Waals surface area contributed by atoms with Crippen molar-refractivity contribution >= 4 is 17.7 Å². The van der Waals surface area contributed by atoms with Gasteiger partial charge in [-0.05, 0) is 41.8 Å². The maximum Gasteiger partial charge on any atom is 0.338 e. The molecule has 0 spiro atoms. The van der Waals surface area contributed by atoms with E-state index in [4.69, 9.17) is 9.47 Å². The van der Waals surface area contributed by atoms with Crippen molar-refractivity contribution in [3.8, 4) is 0 Å². The Morgan fingerprint density at radius 3 is 1.72 bits per heavy atom. The number of benzene rings is 4. The van der Waals surface area contributed by atoms with Gasteiger partial charge in [-0.15, -0.1) is 0 Å². The van der Waals surface area contributed by atoms with Crippen LogP contribution in [0.15, 0.2) is 109 Å². The highest BCUT2D eigenvalue weighted by Crippen LogP contribution is 2.34. The third-order valence-electron chi connectivity index (χ3n) is 6.39. The molecular formula is C33H30O6. The van der Waals surface area contributed by atoms with E-state index < -0.39 is 17.5 Å². The predicted molar refractivity (Wildman–Crippen MR) is 148 cm³/mol. The number of hydrogen-bond acceptors (Lipinski definition) is 6. The van der Waals surface area contributed by atoms with Crippen molar-refractivity contribution < 1.29 is 29.0 Å². The van der Waals surface area contributed by atoms with Crippen molar-refractivity contribution in [3.05, 3.63) is 143 Å². The summed E-state index contributed by atoms with van der Waals surface area (Å²) in [6.45, 7) is 1.70. The maximum absolute atomic E-state index is 12.7. The molecule has 1 unspecified atom stereocenters. The summed E-state index contributed by atoms with van der Waals surface area (Å²) in [6, 6.07) is 31.2. The number of ketones is 1. The molecule has 0 fully saturated rings. The van der Waals surface area contributed by atoms with E-state index in [1.165, 1.54) is 6.07 Å². The quantitative estimate of drug-likeness (QED) is 0.148. The van der Waals surface area contributed by atoms with Gasteiger partial charge in [0.1, 0.15) is 18.8 Å². The smallest absolute Gasteiger partial charge is 0.338 e. The number of rotatable bonds is 11. The van der Waals surface area contributed by atoms with Gasteiger partial charge in [0.15, 0.2) is 5.78 Å². The first-order valence-corrected chi connectivity index (χ1v) is 12.8. The summed E-state index contributed by atoms with van der Waals surface area (Å²) in [5.74, 6) is -1.40. The minimum Gasteiger partial charge on any atom is -0.458 e. The van der Waals surface area contributed by atoms with Crippen LogP contribution < -0.4 is 0 Å². The van der Waals surface area contributed by atoms with Crippen LogP contribution in [0.25, 0.3) is 0 Å². The highest BCUT2D eigenvalue weighted by molar-refractivity contribution is 6.09. The van der Waals surface area contributed by atoms with Gasteiger partial charge in [-0.2, -0.15) is 0 Å². The van der Waals surface area contributed by atoms with E-state index in [9.17, 15) is 19.5 Å². The standard InChI is InChI=1S/C33H30O6/c1-2-19-33(37,28-16-7-4-8-17-28)29-18-10-15-27(23-29)32(36)39-21-20-38-31(35)26-14-9-13-25(22-26)30(34)24-11-5-3-6-12-24/h3-18,22-23,37H,2,19-21H2,1H3. The fraction of sp³-hybridized carbons (Fsp3) is 0.182. The summed E-state index contributed by atoms with van der Waals surface area (Å²) in [6.07, 6.45) is 1.23. The van der Waals surface area contributed by atoms with Crippen molar-refractivity contribution in [1.82, 2.24) is 0 Å². The zero-order valence-corrected chi connectivity index (χ0v) is 21.7. The molecule has 0 radical (unpaired) electrons. The SMILES string of the molecule is CCCC(O)(c1ccccc1)c1cccc(C(=O)OCCOC(=O)c2cccc(C(=O)c3ccccc3)c2)c1. The molecule has 198 valence electrons. The topological polar surface area (TPSA) is 89.9 Å². The van der Waals surface area contributed by atoms with Gasteiger partial charge in [-0.25, -0.2) is 9.59 Å². The first-order chi connectivity index (χ1) is 18.9. The molecule has 0 aliphatic rings. The van der Waals surface area contributed by atoms with E-state index in [0.29, 0.717) is 23.1 Å². The Kier molecular flexibility index (Phi) is 9.02. The van der Waals surface area contributed by atoms with Gasteiger partial charge < -0.3 is 14.6 Å². The second-order valence-corrected chi connectivity index (χ2v) is 9.10. The number of ether oxygens (including phenoxy) is 2. The van der Waals surface area contributed by atoms with Crippen LogP contribution in [0.2, 0.25) is 0 Å². The van der Waals surface area contributed by atoms with E-state index in [2.05, 4.69) is 0 Å². The Morgan fingerprint density at radius 2 is 1.10 bits per heavy atom. The molecule has 6 heteroatoms. The lowest BCUT2D eigenvalue weighted by molar-refractivity contribution is 0.0264. The monoisotopic (exact) mass is 522 g/mol. The lowest BCUT2D eigenvalue weighted by atomic mass is 9.82. The third kappa shape index (κ3) is 6.67. The van der Waals surface area contributed by atoms with Crippen LogP contribution >= 0.6 is 0 Å². The Labute approximate surface area is 227 Å². The number of carbonyl (C=O) groups is 3. The maximum atomic E-state index is 12.7. The van der Waals surface area contributed by atoms with Gasteiger partial charge in [0.05, 0.1) is 11.1 Å². The van der Waals surface area contributed by atoms with Crippen molar-refractivity contribution in [2.75, 3.05) is 13.2 Å². The Morgan fingerprint density at radius 1 is 0.615 bits per heavy atom. The lowest BCUT2D eigenvalue weighted by Crippen LogP contribution is -2.27. The minimum absolute atomic E-state index is 0.144. The highest BCUT2D eigenvalue weighted by Gasteiger charge is 2.31. The molecule has 39 heavy (non-hydrogen) atoms. The molecule has 0 bridgehead atoms. The highest BCUT2D eigenvalue weighted by atomic mass is 16.6. The van der Waals surface area contributed by atoms with Gasteiger partial charge in [0, 0.05) is 11.1 Å². The van der Waals surface area contributed by atoms with Gasteiger partial charge >= 0.3 is 11.9 Å². The molecule has 0 amide bonds. The molecule has 4 aromatic rings. The summed E-state index contributed by atoms with van der Waals surface area (Å²) in [7, 11) is 0. The molecular weight excluding hydrogens is 492 g/mol. The van der Waals surface area contributed by atoms with Gasteiger partial charge in [-0.3, -0.25) is 4.79 Å². The molecule has 0 saturated carbocycles. The average Bonchev–Trinajstić information content (AvgIpc) is 2.99. The molecule has 4 aromatic carbocycles. The predicted octanol–water partition coefficient (Wildman–Crippen LogP) is 5.97. The third-order valence-corrected chi connectivity index (χ3v) is 6.39. The van der Waals surface area contributed by atoms with Crippen LogP contribution in [-0.2, 0) is 15.1 Å². The average molecular weight is 523 g/mol. The van der Waals surface area contributed by atoms with Crippen LogP contribution in [0.5, 0.6) is 0 Å². The van der Waals surface area contributed by atoms with E-state index in [1.807, 2.05) is 43.3 Å². The first-order valence-electron chi connectivity index (χ1n) is 12.8.